The van der Waals surface area contributed by atoms with Gasteiger partial charge in [-0.15, -0.1) is 0 Å². The molecule has 10 heteroatoms. The van der Waals surface area contributed by atoms with Crippen LogP contribution in [0.3, 0.4) is 0 Å². The lowest BCUT2D eigenvalue weighted by molar-refractivity contribution is 0.222. The van der Waals surface area contributed by atoms with Crippen LogP contribution in [-0.2, 0) is 22.9 Å². The number of nitrogens with zero attached hydrogens (tertiary/aromatic N) is 4. The number of aromatic nitrogens is 2. The van der Waals surface area contributed by atoms with Crippen molar-refractivity contribution in [3.05, 3.63) is 64.8 Å². The number of likely N-dealkylation sites (tertiary alicyclic amines) is 1. The van der Waals surface area contributed by atoms with E-state index in [4.69, 9.17) is 11.6 Å². The third-order valence-corrected chi connectivity index (χ3v) is 9.32. The molecule has 37 heavy (non-hydrogen) atoms. The van der Waals surface area contributed by atoms with Crippen molar-refractivity contribution in [3.63, 3.8) is 0 Å². The maximum absolute atomic E-state index is 12.5. The fourth-order valence-corrected chi connectivity index (χ4v) is 6.25. The summed E-state index contributed by atoms with van der Waals surface area (Å²) in [7, 11) is -0.551. The van der Waals surface area contributed by atoms with Crippen molar-refractivity contribution in [1.29, 1.82) is 0 Å². The number of nitrogens with one attached hydrogen (secondary N) is 2. The van der Waals surface area contributed by atoms with Crippen LogP contribution < -0.4 is 10.6 Å². The molecule has 1 atom stereocenters. The molecule has 5 rings (SSSR count). The Morgan fingerprint density at radius 3 is 2.46 bits per heavy atom. The zero-order valence-corrected chi connectivity index (χ0v) is 22.8. The smallest absolute Gasteiger partial charge is 0.242 e. The molecule has 0 bridgehead atoms. The molecule has 0 spiro atoms. The summed E-state index contributed by atoms with van der Waals surface area (Å²) in [4.78, 5) is 11.8. The quantitative estimate of drug-likeness (QED) is 0.397. The first-order valence-electron chi connectivity index (χ1n) is 12.7. The summed E-state index contributed by atoms with van der Waals surface area (Å²) in [5.41, 5.74) is 4.31. The number of halogens is 1. The maximum Gasteiger partial charge on any atom is 0.242 e. The van der Waals surface area contributed by atoms with Gasteiger partial charge in [-0.1, -0.05) is 23.7 Å². The van der Waals surface area contributed by atoms with Gasteiger partial charge in [0.25, 0.3) is 0 Å². The average molecular weight is 541 g/mol. The first-order valence-corrected chi connectivity index (χ1v) is 14.6. The minimum absolute atomic E-state index is 0.183. The van der Waals surface area contributed by atoms with Crippen molar-refractivity contribution < 1.29 is 8.42 Å². The molecule has 2 aliphatic rings. The molecule has 0 amide bonds. The average Bonchev–Trinajstić information content (AvgIpc) is 3.34. The number of benzene rings is 2. The van der Waals surface area contributed by atoms with Gasteiger partial charge in [0.2, 0.25) is 16.0 Å². The van der Waals surface area contributed by atoms with E-state index in [9.17, 15) is 8.42 Å². The lowest BCUT2D eigenvalue weighted by Crippen LogP contribution is -2.32. The molecular weight excluding hydrogens is 508 g/mol. The normalized spacial score (nSPS) is 18.4. The van der Waals surface area contributed by atoms with Crippen molar-refractivity contribution in [3.8, 4) is 0 Å². The van der Waals surface area contributed by atoms with Crippen LogP contribution in [0.15, 0.2) is 53.6 Å². The van der Waals surface area contributed by atoms with E-state index in [2.05, 4.69) is 43.7 Å². The SMILES string of the molecule is CN(C)S(=O)(=O)c1cccc(Nc2nc(Nc3ccc4c(c3)CC[C@@H](N3CCCC3)CC4)ncc2Cl)c1. The number of rotatable bonds is 7. The fraction of sp³-hybridized carbons (Fsp3) is 0.407. The molecule has 8 nitrogen and oxygen atoms in total. The standard InChI is InChI=1S/C27H33ClN6O2S/c1-33(2)37(35,36)24-7-5-6-21(17-24)30-26-25(28)18-29-27(32-26)31-22-11-8-19-9-12-23(13-10-20(19)16-22)34-14-3-4-15-34/h5-8,11,16-18,23H,3-4,9-10,12-15H2,1-2H3,(H2,29,30,31,32)/t23-/m0/s1. The summed E-state index contributed by atoms with van der Waals surface area (Å²) in [6.07, 6.45) is 8.81. The Labute approximate surface area is 224 Å². The van der Waals surface area contributed by atoms with Crippen molar-refractivity contribution in [2.24, 2.45) is 0 Å². The molecule has 2 aromatic carbocycles. The number of anilines is 4. The number of hydrogen-bond acceptors (Lipinski definition) is 7. The van der Waals surface area contributed by atoms with Gasteiger partial charge in [0.05, 0.1) is 11.1 Å². The van der Waals surface area contributed by atoms with E-state index in [1.807, 2.05) is 0 Å². The van der Waals surface area contributed by atoms with Gasteiger partial charge in [-0.3, -0.25) is 0 Å². The highest BCUT2D eigenvalue weighted by atomic mass is 35.5. The molecule has 1 fully saturated rings. The molecule has 196 valence electrons. The Morgan fingerprint density at radius 2 is 1.70 bits per heavy atom. The van der Waals surface area contributed by atoms with Crippen LogP contribution in [0.2, 0.25) is 5.02 Å². The van der Waals surface area contributed by atoms with E-state index in [0.717, 1.165) is 18.5 Å². The molecule has 1 aromatic heterocycles. The second kappa shape index (κ2) is 10.9. The van der Waals surface area contributed by atoms with E-state index < -0.39 is 10.0 Å². The maximum atomic E-state index is 12.5. The van der Waals surface area contributed by atoms with Gasteiger partial charge in [0, 0.05) is 31.5 Å². The van der Waals surface area contributed by atoms with Crippen LogP contribution in [0.4, 0.5) is 23.1 Å². The van der Waals surface area contributed by atoms with Crippen LogP contribution in [0.1, 0.15) is 36.8 Å². The summed E-state index contributed by atoms with van der Waals surface area (Å²) >= 11 is 6.36. The molecule has 0 radical (unpaired) electrons. The second-order valence-corrected chi connectivity index (χ2v) is 12.5. The highest BCUT2D eigenvalue weighted by Crippen LogP contribution is 2.30. The van der Waals surface area contributed by atoms with E-state index in [0.29, 0.717) is 28.5 Å². The summed E-state index contributed by atoms with van der Waals surface area (Å²) in [5, 5.41) is 6.77. The fourth-order valence-electron chi connectivity index (χ4n) is 5.17. The first-order chi connectivity index (χ1) is 17.8. The minimum Gasteiger partial charge on any atom is -0.339 e. The molecule has 0 unspecified atom stereocenters. The van der Waals surface area contributed by atoms with Crippen molar-refractivity contribution in [2.45, 2.75) is 49.5 Å². The van der Waals surface area contributed by atoms with E-state index in [1.165, 1.54) is 74.5 Å². The van der Waals surface area contributed by atoms with E-state index in [-0.39, 0.29) is 4.90 Å². The van der Waals surface area contributed by atoms with Gasteiger partial charge >= 0.3 is 0 Å². The zero-order chi connectivity index (χ0) is 26.0. The predicted molar refractivity (Wildman–Crippen MR) is 149 cm³/mol. The lowest BCUT2D eigenvalue weighted by Gasteiger charge is -2.25. The predicted octanol–water partition coefficient (Wildman–Crippen LogP) is 5.21. The molecule has 2 N–H and O–H groups in total. The van der Waals surface area contributed by atoms with Crippen molar-refractivity contribution >= 4 is 44.8 Å². The van der Waals surface area contributed by atoms with Crippen LogP contribution in [0.25, 0.3) is 0 Å². The summed E-state index contributed by atoms with van der Waals surface area (Å²) < 4.78 is 26.2. The molecular formula is C27H33ClN6O2S. The van der Waals surface area contributed by atoms with Gasteiger partial charge in [0.15, 0.2) is 5.82 Å². The van der Waals surface area contributed by atoms with Crippen LogP contribution >= 0.6 is 11.6 Å². The molecule has 1 aliphatic heterocycles. The van der Waals surface area contributed by atoms with Crippen LogP contribution in [0.5, 0.6) is 0 Å². The molecule has 3 aromatic rings. The zero-order valence-electron chi connectivity index (χ0n) is 21.2. The highest BCUT2D eigenvalue weighted by Gasteiger charge is 2.24. The Hall–Kier alpha value is -2.72. The third-order valence-electron chi connectivity index (χ3n) is 7.23. The van der Waals surface area contributed by atoms with Gasteiger partial charge in [0.1, 0.15) is 5.02 Å². The monoisotopic (exact) mass is 540 g/mol. The molecule has 1 aliphatic carbocycles. The number of hydrogen-bond donors (Lipinski definition) is 2. The summed E-state index contributed by atoms with van der Waals surface area (Å²) in [5.74, 6) is 0.800. The van der Waals surface area contributed by atoms with E-state index >= 15 is 0 Å². The number of sulfonamides is 1. The Bertz CT molecular complexity index is 1380. The Morgan fingerprint density at radius 1 is 0.973 bits per heavy atom. The highest BCUT2D eigenvalue weighted by molar-refractivity contribution is 7.89. The van der Waals surface area contributed by atoms with Crippen molar-refractivity contribution in [2.75, 3.05) is 37.8 Å². The molecule has 2 heterocycles. The molecule has 1 saturated heterocycles. The van der Waals surface area contributed by atoms with Crippen LogP contribution in [-0.4, -0.2) is 60.8 Å². The lowest BCUT2D eigenvalue weighted by atomic mass is 10.0. The Balaban J connectivity index is 1.30. The Kier molecular flexibility index (Phi) is 7.67. The van der Waals surface area contributed by atoms with Gasteiger partial charge < -0.3 is 15.5 Å². The van der Waals surface area contributed by atoms with Gasteiger partial charge in [-0.25, -0.2) is 17.7 Å². The topological polar surface area (TPSA) is 90.5 Å². The number of fused-ring (bicyclic) bond motifs is 1. The molecule has 0 saturated carbocycles. The summed E-state index contributed by atoms with van der Waals surface area (Å²) in [6, 6.07) is 13.8. The minimum atomic E-state index is -3.56. The van der Waals surface area contributed by atoms with Crippen molar-refractivity contribution in [1.82, 2.24) is 19.2 Å². The van der Waals surface area contributed by atoms with Crippen LogP contribution in [0, 0.1) is 0 Å². The van der Waals surface area contributed by atoms with E-state index in [1.54, 1.807) is 24.3 Å². The first kappa shape index (κ1) is 25.9. The number of aryl methyl sites for hydroxylation is 2. The third kappa shape index (κ3) is 5.90. The summed E-state index contributed by atoms with van der Waals surface area (Å²) in [6.45, 7) is 2.49. The largest absolute Gasteiger partial charge is 0.339 e. The van der Waals surface area contributed by atoms with Gasteiger partial charge in [-0.05, 0) is 93.1 Å². The second-order valence-electron chi connectivity index (χ2n) is 9.91. The van der Waals surface area contributed by atoms with Gasteiger partial charge in [-0.2, -0.15) is 4.98 Å².